The smallest absolute Gasteiger partial charge is 0.413 e. The molecule has 2 aromatic rings. The van der Waals surface area contributed by atoms with Crippen LogP contribution in [0.3, 0.4) is 0 Å². The number of ether oxygens (including phenoxy) is 1. The molecule has 1 N–H and O–H groups in total. The molecule has 7 heteroatoms. The van der Waals surface area contributed by atoms with Crippen LogP contribution in [-0.4, -0.2) is 31.4 Å². The Hall–Kier alpha value is -2.44. The van der Waals surface area contributed by atoms with Crippen LogP contribution in [0.15, 0.2) is 18.6 Å². The second-order valence-corrected chi connectivity index (χ2v) is 7.12. The van der Waals surface area contributed by atoms with E-state index in [9.17, 15) is 4.79 Å². The number of fused-ring (bicyclic) bond motifs is 3. The van der Waals surface area contributed by atoms with Gasteiger partial charge < -0.3 is 4.74 Å². The molecule has 0 aliphatic heterocycles. The highest BCUT2D eigenvalue weighted by Gasteiger charge is 2.50. The third kappa shape index (κ3) is 2.56. The zero-order valence-electron chi connectivity index (χ0n) is 13.4. The first-order valence-corrected chi connectivity index (χ1v) is 7.80. The van der Waals surface area contributed by atoms with Crippen LogP contribution < -0.4 is 5.32 Å². The number of carbonyl (C=O) groups excluding carboxylic acids is 1. The Morgan fingerprint density at radius 3 is 2.91 bits per heavy atom. The summed E-state index contributed by atoms with van der Waals surface area (Å²) in [5.74, 6) is 2.44. The van der Waals surface area contributed by atoms with E-state index in [1.165, 1.54) is 6.42 Å². The van der Waals surface area contributed by atoms with Gasteiger partial charge in [-0.3, -0.25) is 10.3 Å². The molecular formula is C16H19N5O2. The zero-order valence-corrected chi connectivity index (χ0v) is 13.4. The Bertz CT molecular complexity index is 763. The van der Waals surface area contributed by atoms with Crippen LogP contribution in [0, 0.1) is 5.92 Å². The number of amides is 1. The summed E-state index contributed by atoms with van der Waals surface area (Å²) in [6.07, 6.45) is 6.61. The molecule has 1 amide bonds. The van der Waals surface area contributed by atoms with E-state index in [4.69, 9.17) is 4.74 Å². The van der Waals surface area contributed by atoms with Gasteiger partial charge in [-0.2, -0.15) is 0 Å². The van der Waals surface area contributed by atoms with Crippen LogP contribution in [0.5, 0.6) is 0 Å². The monoisotopic (exact) mass is 313 g/mol. The van der Waals surface area contributed by atoms with Crippen molar-refractivity contribution >= 4 is 11.9 Å². The molecule has 0 radical (unpaired) electrons. The highest BCUT2D eigenvalue weighted by Crippen LogP contribution is 2.58. The van der Waals surface area contributed by atoms with E-state index in [-0.39, 0.29) is 0 Å². The van der Waals surface area contributed by atoms with Crippen LogP contribution in [0.25, 0.3) is 5.82 Å². The average Bonchev–Trinajstić information content (AvgIpc) is 3.00. The summed E-state index contributed by atoms with van der Waals surface area (Å²) in [5.41, 5.74) is 1.72. The van der Waals surface area contributed by atoms with Gasteiger partial charge in [0.1, 0.15) is 5.60 Å². The lowest BCUT2D eigenvalue weighted by molar-refractivity contribution is 0.0635. The fourth-order valence-electron chi connectivity index (χ4n) is 3.19. The van der Waals surface area contributed by atoms with Gasteiger partial charge in [-0.15, -0.1) is 5.10 Å². The first-order valence-electron chi connectivity index (χ1n) is 7.80. The minimum Gasteiger partial charge on any atom is -0.444 e. The molecule has 1 fully saturated rings. The van der Waals surface area contributed by atoms with Crippen molar-refractivity contribution in [3.05, 3.63) is 29.8 Å². The van der Waals surface area contributed by atoms with Crippen molar-refractivity contribution in [3.8, 4) is 5.82 Å². The maximum atomic E-state index is 12.1. The Labute approximate surface area is 134 Å². The van der Waals surface area contributed by atoms with E-state index in [2.05, 4.69) is 20.4 Å². The number of hydrogen-bond donors (Lipinski definition) is 1. The fraction of sp³-hybridized carbons (Fsp3) is 0.500. The number of anilines is 1. The number of rotatable bonds is 2. The van der Waals surface area contributed by atoms with Crippen LogP contribution in [0.1, 0.15) is 44.4 Å². The Balaban J connectivity index is 1.67. The summed E-state index contributed by atoms with van der Waals surface area (Å²) in [6.45, 7) is 5.51. The Kier molecular flexibility index (Phi) is 2.94. The second-order valence-electron chi connectivity index (χ2n) is 7.12. The van der Waals surface area contributed by atoms with Gasteiger partial charge >= 0.3 is 6.09 Å². The molecule has 4 rings (SSSR count). The first-order chi connectivity index (χ1) is 10.9. The van der Waals surface area contributed by atoms with Crippen molar-refractivity contribution in [1.29, 1.82) is 0 Å². The van der Waals surface area contributed by atoms with Gasteiger partial charge in [-0.05, 0) is 39.5 Å². The number of hydrogen-bond acceptors (Lipinski definition) is 5. The molecule has 2 unspecified atom stereocenters. The molecule has 120 valence electrons. The van der Waals surface area contributed by atoms with E-state index >= 15 is 0 Å². The van der Waals surface area contributed by atoms with Crippen molar-refractivity contribution in [2.24, 2.45) is 5.92 Å². The van der Waals surface area contributed by atoms with E-state index in [1.54, 1.807) is 18.6 Å². The van der Waals surface area contributed by atoms with E-state index in [0.717, 1.165) is 17.7 Å². The standard InChI is InChI=1S/C16H19N5O2/c1-16(2,3)23-15(22)19-14-11-7-9-6-10(9)13(11)21(20-14)12-8-17-4-5-18-12/h4-5,8-10H,6-7H2,1-3H3,(H,19,20,22). The summed E-state index contributed by atoms with van der Waals surface area (Å²) >= 11 is 0. The highest BCUT2D eigenvalue weighted by atomic mass is 16.6. The van der Waals surface area contributed by atoms with E-state index < -0.39 is 11.7 Å². The van der Waals surface area contributed by atoms with Crippen LogP contribution in [0.4, 0.5) is 10.6 Å². The molecule has 0 bridgehead atoms. The third-order valence-electron chi connectivity index (χ3n) is 4.15. The molecule has 0 spiro atoms. The lowest BCUT2D eigenvalue weighted by Gasteiger charge is -2.19. The minimum atomic E-state index is -0.539. The normalized spacial score (nSPS) is 21.5. The van der Waals surface area contributed by atoms with Crippen molar-refractivity contribution in [2.75, 3.05) is 5.32 Å². The molecule has 2 aliphatic carbocycles. The summed E-state index contributed by atoms with van der Waals surface area (Å²) in [5, 5.41) is 7.34. The topological polar surface area (TPSA) is 81.9 Å². The molecule has 0 aromatic carbocycles. The Morgan fingerprint density at radius 2 is 2.22 bits per heavy atom. The fourth-order valence-corrected chi connectivity index (χ4v) is 3.19. The summed E-state index contributed by atoms with van der Waals surface area (Å²) < 4.78 is 7.14. The van der Waals surface area contributed by atoms with Gasteiger partial charge in [0.05, 0.1) is 11.9 Å². The molecule has 2 atom stereocenters. The highest BCUT2D eigenvalue weighted by molar-refractivity contribution is 5.85. The SMILES string of the molecule is CC(C)(C)OC(=O)Nc1nn(-c2cnccn2)c2c1CC1CC21. The number of carbonyl (C=O) groups is 1. The van der Waals surface area contributed by atoms with Crippen molar-refractivity contribution in [1.82, 2.24) is 19.7 Å². The number of aromatic nitrogens is 4. The van der Waals surface area contributed by atoms with Gasteiger partial charge in [-0.1, -0.05) is 0 Å². The molecule has 2 aromatic heterocycles. The predicted molar refractivity (Wildman–Crippen MR) is 83.6 cm³/mol. The lowest BCUT2D eigenvalue weighted by Crippen LogP contribution is -2.27. The quantitative estimate of drug-likeness (QED) is 0.921. The maximum Gasteiger partial charge on any atom is 0.413 e. The molecule has 23 heavy (non-hydrogen) atoms. The zero-order chi connectivity index (χ0) is 16.2. The minimum absolute atomic E-state index is 0.482. The summed E-state index contributed by atoms with van der Waals surface area (Å²) in [7, 11) is 0. The predicted octanol–water partition coefficient (Wildman–Crippen LogP) is 2.67. The molecule has 1 saturated carbocycles. The number of nitrogens with one attached hydrogen (secondary N) is 1. The van der Waals surface area contributed by atoms with Gasteiger partial charge in [-0.25, -0.2) is 14.5 Å². The molecule has 2 aliphatic rings. The van der Waals surface area contributed by atoms with Gasteiger partial charge in [0.25, 0.3) is 0 Å². The molecule has 7 nitrogen and oxygen atoms in total. The van der Waals surface area contributed by atoms with Crippen molar-refractivity contribution in [2.45, 2.75) is 45.1 Å². The van der Waals surface area contributed by atoms with Gasteiger partial charge in [0.2, 0.25) is 0 Å². The second kappa shape index (κ2) is 4.78. The van der Waals surface area contributed by atoms with Crippen LogP contribution >= 0.6 is 0 Å². The lowest BCUT2D eigenvalue weighted by atomic mass is 10.2. The average molecular weight is 313 g/mol. The maximum absolute atomic E-state index is 12.1. The summed E-state index contributed by atoms with van der Waals surface area (Å²) in [4.78, 5) is 20.5. The van der Waals surface area contributed by atoms with Crippen LogP contribution in [-0.2, 0) is 11.2 Å². The van der Waals surface area contributed by atoms with Gasteiger partial charge in [0, 0.05) is 23.9 Å². The third-order valence-corrected chi connectivity index (χ3v) is 4.15. The molecule has 0 saturated heterocycles. The summed E-state index contributed by atoms with van der Waals surface area (Å²) in [6, 6.07) is 0. The first kappa shape index (κ1) is 14.2. The number of nitrogens with zero attached hydrogens (tertiary/aromatic N) is 4. The van der Waals surface area contributed by atoms with Crippen LogP contribution in [0.2, 0.25) is 0 Å². The van der Waals surface area contributed by atoms with Crippen molar-refractivity contribution in [3.63, 3.8) is 0 Å². The van der Waals surface area contributed by atoms with Crippen molar-refractivity contribution < 1.29 is 9.53 Å². The van der Waals surface area contributed by atoms with E-state index in [1.807, 2.05) is 25.5 Å². The molecule has 2 heterocycles. The largest absolute Gasteiger partial charge is 0.444 e. The van der Waals surface area contributed by atoms with Gasteiger partial charge in [0.15, 0.2) is 11.6 Å². The van der Waals surface area contributed by atoms with E-state index in [0.29, 0.717) is 23.5 Å². The Morgan fingerprint density at radius 1 is 1.39 bits per heavy atom. The molecular weight excluding hydrogens is 294 g/mol.